The number of carbonyl (C=O) groups excluding carboxylic acids is 1. The SMILES string of the molecule is Cc1ccc2c(c1)nc(S(=O)(=O)N1CCN(C(=O)OC(C)(C)C)CC1)n2C. The number of ether oxygens (including phenoxy) is 1. The monoisotopic (exact) mass is 394 g/mol. The lowest BCUT2D eigenvalue weighted by Crippen LogP contribution is -2.51. The van der Waals surface area contributed by atoms with Crippen molar-refractivity contribution in [1.29, 1.82) is 0 Å². The van der Waals surface area contributed by atoms with Crippen molar-refractivity contribution < 1.29 is 17.9 Å². The van der Waals surface area contributed by atoms with E-state index in [-0.39, 0.29) is 31.3 Å². The zero-order chi connectivity index (χ0) is 20.0. The molecule has 1 aromatic heterocycles. The van der Waals surface area contributed by atoms with Crippen LogP contribution in [0, 0.1) is 6.92 Å². The molecule has 0 aliphatic carbocycles. The van der Waals surface area contributed by atoms with Crippen LogP contribution in [0.2, 0.25) is 0 Å². The van der Waals surface area contributed by atoms with Gasteiger partial charge in [0.05, 0.1) is 11.0 Å². The van der Waals surface area contributed by atoms with Crippen LogP contribution in [0.4, 0.5) is 4.79 Å². The maximum absolute atomic E-state index is 13.1. The van der Waals surface area contributed by atoms with Gasteiger partial charge in [-0.25, -0.2) is 18.2 Å². The Morgan fingerprint density at radius 1 is 1.15 bits per heavy atom. The van der Waals surface area contributed by atoms with Crippen molar-refractivity contribution in [1.82, 2.24) is 18.8 Å². The maximum atomic E-state index is 13.1. The summed E-state index contributed by atoms with van der Waals surface area (Å²) in [6.45, 7) is 8.36. The lowest BCUT2D eigenvalue weighted by molar-refractivity contribution is 0.0192. The van der Waals surface area contributed by atoms with Crippen molar-refractivity contribution in [3.05, 3.63) is 23.8 Å². The Kier molecular flexibility index (Phi) is 4.94. The second kappa shape index (κ2) is 6.79. The van der Waals surface area contributed by atoms with Crippen LogP contribution in [-0.2, 0) is 21.8 Å². The number of aromatic nitrogens is 2. The average molecular weight is 394 g/mol. The van der Waals surface area contributed by atoms with Gasteiger partial charge in [0.25, 0.3) is 10.0 Å². The molecule has 2 heterocycles. The molecule has 0 saturated carbocycles. The maximum Gasteiger partial charge on any atom is 0.410 e. The van der Waals surface area contributed by atoms with Crippen molar-refractivity contribution in [2.24, 2.45) is 7.05 Å². The number of rotatable bonds is 2. The van der Waals surface area contributed by atoms with E-state index >= 15 is 0 Å². The molecule has 1 saturated heterocycles. The Hall–Kier alpha value is -2.13. The first kappa shape index (κ1) is 19.6. The highest BCUT2D eigenvalue weighted by atomic mass is 32.2. The number of piperazine rings is 1. The Balaban J connectivity index is 1.78. The number of aryl methyl sites for hydroxylation is 2. The van der Waals surface area contributed by atoms with Crippen LogP contribution < -0.4 is 0 Å². The molecule has 1 fully saturated rings. The highest BCUT2D eigenvalue weighted by molar-refractivity contribution is 7.89. The van der Waals surface area contributed by atoms with E-state index in [0.29, 0.717) is 5.52 Å². The number of benzene rings is 1. The second-order valence-electron chi connectivity index (χ2n) is 7.82. The smallest absolute Gasteiger partial charge is 0.410 e. The van der Waals surface area contributed by atoms with Crippen molar-refractivity contribution in [2.45, 2.75) is 38.5 Å². The van der Waals surface area contributed by atoms with Gasteiger partial charge in [-0.05, 0) is 45.4 Å². The third kappa shape index (κ3) is 3.93. The van der Waals surface area contributed by atoms with Crippen molar-refractivity contribution in [3.8, 4) is 0 Å². The fourth-order valence-corrected chi connectivity index (χ4v) is 4.60. The van der Waals surface area contributed by atoms with Gasteiger partial charge in [-0.2, -0.15) is 4.31 Å². The van der Waals surface area contributed by atoms with Crippen LogP contribution >= 0.6 is 0 Å². The zero-order valence-electron chi connectivity index (χ0n) is 16.4. The summed E-state index contributed by atoms with van der Waals surface area (Å²) >= 11 is 0. The van der Waals surface area contributed by atoms with Gasteiger partial charge in [0.2, 0.25) is 5.16 Å². The van der Waals surface area contributed by atoms with Gasteiger partial charge in [-0.3, -0.25) is 0 Å². The number of imidazole rings is 1. The van der Waals surface area contributed by atoms with Crippen LogP contribution in [0.15, 0.2) is 23.4 Å². The second-order valence-corrected chi connectivity index (χ2v) is 9.65. The van der Waals surface area contributed by atoms with Crippen LogP contribution in [0.25, 0.3) is 11.0 Å². The molecule has 1 amide bonds. The quantitative estimate of drug-likeness (QED) is 0.779. The van der Waals surface area contributed by atoms with Crippen molar-refractivity contribution >= 4 is 27.1 Å². The first-order chi connectivity index (χ1) is 12.5. The van der Waals surface area contributed by atoms with Gasteiger partial charge in [0.15, 0.2) is 0 Å². The summed E-state index contributed by atoms with van der Waals surface area (Å²) in [5, 5.41) is 0.0221. The summed E-state index contributed by atoms with van der Waals surface area (Å²) in [4.78, 5) is 18.1. The summed E-state index contributed by atoms with van der Waals surface area (Å²) < 4.78 is 34.5. The molecule has 9 heteroatoms. The minimum atomic E-state index is -3.75. The Labute approximate surface area is 159 Å². The van der Waals surface area contributed by atoms with Crippen LogP contribution in [0.1, 0.15) is 26.3 Å². The van der Waals surface area contributed by atoms with Gasteiger partial charge in [-0.1, -0.05) is 6.07 Å². The molecule has 1 aromatic carbocycles. The Morgan fingerprint density at radius 3 is 2.37 bits per heavy atom. The van der Waals surface area contributed by atoms with Gasteiger partial charge >= 0.3 is 6.09 Å². The lowest BCUT2D eigenvalue weighted by Gasteiger charge is -2.34. The molecular formula is C18H26N4O4S. The number of hydrogen-bond donors (Lipinski definition) is 0. The summed E-state index contributed by atoms with van der Waals surface area (Å²) in [5.41, 5.74) is 1.87. The number of fused-ring (bicyclic) bond motifs is 1. The molecule has 3 rings (SSSR count). The van der Waals surface area contributed by atoms with E-state index in [1.165, 1.54) is 9.21 Å². The van der Waals surface area contributed by atoms with Crippen LogP contribution in [0.5, 0.6) is 0 Å². The lowest BCUT2D eigenvalue weighted by atomic mass is 10.2. The topological polar surface area (TPSA) is 84.7 Å². The van der Waals surface area contributed by atoms with Gasteiger partial charge < -0.3 is 14.2 Å². The third-order valence-electron chi connectivity index (χ3n) is 4.46. The van der Waals surface area contributed by atoms with Crippen LogP contribution in [-0.4, -0.2) is 65.0 Å². The highest BCUT2D eigenvalue weighted by Gasteiger charge is 2.34. The molecule has 0 bridgehead atoms. The third-order valence-corrected chi connectivity index (χ3v) is 6.33. The normalized spacial score (nSPS) is 16.7. The van der Waals surface area contributed by atoms with E-state index in [1.807, 2.05) is 25.1 Å². The van der Waals surface area contributed by atoms with Crippen LogP contribution in [0.3, 0.4) is 0 Å². The first-order valence-electron chi connectivity index (χ1n) is 8.90. The first-order valence-corrected chi connectivity index (χ1v) is 10.3. The van der Waals surface area contributed by atoms with Gasteiger partial charge in [0.1, 0.15) is 5.60 Å². The predicted molar refractivity (Wildman–Crippen MR) is 102 cm³/mol. The molecule has 27 heavy (non-hydrogen) atoms. The van der Waals surface area contributed by atoms with E-state index < -0.39 is 21.7 Å². The van der Waals surface area contributed by atoms with E-state index in [4.69, 9.17) is 4.74 Å². The summed E-state index contributed by atoms with van der Waals surface area (Å²) in [6.07, 6.45) is -0.419. The molecule has 0 atom stereocenters. The minimum Gasteiger partial charge on any atom is -0.444 e. The zero-order valence-corrected chi connectivity index (χ0v) is 17.2. The fraction of sp³-hybridized carbons (Fsp3) is 0.556. The Morgan fingerprint density at radius 2 is 1.78 bits per heavy atom. The average Bonchev–Trinajstić information content (AvgIpc) is 2.90. The molecule has 1 aliphatic heterocycles. The molecule has 1 aliphatic rings. The number of nitrogens with zero attached hydrogens (tertiary/aromatic N) is 4. The number of hydrogen-bond acceptors (Lipinski definition) is 5. The van der Waals surface area contributed by atoms with Crippen molar-refractivity contribution in [2.75, 3.05) is 26.2 Å². The predicted octanol–water partition coefficient (Wildman–Crippen LogP) is 2.12. The molecular weight excluding hydrogens is 368 g/mol. The van der Waals surface area contributed by atoms with E-state index in [0.717, 1.165) is 11.1 Å². The fourth-order valence-electron chi connectivity index (χ4n) is 3.07. The Bertz CT molecular complexity index is 967. The van der Waals surface area contributed by atoms with Gasteiger partial charge in [-0.15, -0.1) is 0 Å². The van der Waals surface area contributed by atoms with E-state index in [9.17, 15) is 13.2 Å². The number of sulfonamides is 1. The summed E-state index contributed by atoms with van der Waals surface area (Å²) in [7, 11) is -2.04. The molecule has 148 valence electrons. The van der Waals surface area contributed by atoms with Crippen molar-refractivity contribution in [3.63, 3.8) is 0 Å². The minimum absolute atomic E-state index is 0.0221. The summed E-state index contributed by atoms with van der Waals surface area (Å²) in [5.74, 6) is 0. The van der Waals surface area contributed by atoms with E-state index in [2.05, 4.69) is 4.98 Å². The number of amides is 1. The molecule has 0 N–H and O–H groups in total. The highest BCUT2D eigenvalue weighted by Crippen LogP contribution is 2.23. The standard InChI is InChI=1S/C18H26N4O4S/c1-13-6-7-15-14(12-13)19-16(20(15)5)27(24,25)22-10-8-21(9-11-22)17(23)26-18(2,3)4/h6-7,12H,8-11H2,1-5H3. The molecule has 2 aromatic rings. The number of carbonyl (C=O) groups is 1. The molecule has 0 radical (unpaired) electrons. The van der Waals surface area contributed by atoms with Gasteiger partial charge in [0, 0.05) is 33.2 Å². The molecule has 0 unspecified atom stereocenters. The molecule has 8 nitrogen and oxygen atoms in total. The largest absolute Gasteiger partial charge is 0.444 e. The summed E-state index contributed by atoms with van der Waals surface area (Å²) in [6, 6.07) is 5.67. The van der Waals surface area contributed by atoms with E-state index in [1.54, 1.807) is 32.4 Å². The molecule has 0 spiro atoms.